The molecular weight excluding hydrogens is 184 g/mol. The standard InChI is InChI=1S/C9H18N2O3/c1-4-5-10-9(14)7(2)11(3)6-8(12)13/h7H,4-6H2,1-3H3,(H,10,14)(H,12,13). The molecule has 0 aliphatic heterocycles. The summed E-state index contributed by atoms with van der Waals surface area (Å²) in [5, 5.41) is 11.2. The topological polar surface area (TPSA) is 69.6 Å². The van der Waals surface area contributed by atoms with Crippen molar-refractivity contribution < 1.29 is 14.7 Å². The predicted octanol–water partition coefficient (Wildman–Crippen LogP) is -0.0825. The summed E-state index contributed by atoms with van der Waals surface area (Å²) >= 11 is 0. The van der Waals surface area contributed by atoms with Crippen LogP contribution in [0.1, 0.15) is 20.3 Å². The molecule has 0 rings (SSSR count). The Kier molecular flexibility index (Phi) is 5.87. The highest BCUT2D eigenvalue weighted by Crippen LogP contribution is 1.94. The second kappa shape index (κ2) is 6.37. The molecule has 0 bridgehead atoms. The molecule has 14 heavy (non-hydrogen) atoms. The predicted molar refractivity (Wildman–Crippen MR) is 53.0 cm³/mol. The molecule has 1 atom stereocenters. The second-order valence-electron chi connectivity index (χ2n) is 3.28. The van der Waals surface area contributed by atoms with Crippen LogP contribution in [-0.2, 0) is 9.59 Å². The zero-order valence-corrected chi connectivity index (χ0v) is 8.91. The van der Waals surface area contributed by atoms with Gasteiger partial charge in [0, 0.05) is 6.54 Å². The number of hydrogen-bond acceptors (Lipinski definition) is 3. The quantitative estimate of drug-likeness (QED) is 0.632. The van der Waals surface area contributed by atoms with Crippen molar-refractivity contribution in [3.05, 3.63) is 0 Å². The second-order valence-corrected chi connectivity index (χ2v) is 3.28. The highest BCUT2D eigenvalue weighted by Gasteiger charge is 2.18. The van der Waals surface area contributed by atoms with Crippen LogP contribution in [-0.4, -0.2) is 48.1 Å². The first-order chi connectivity index (χ1) is 6.49. The van der Waals surface area contributed by atoms with Gasteiger partial charge in [-0.1, -0.05) is 6.92 Å². The van der Waals surface area contributed by atoms with E-state index in [-0.39, 0.29) is 12.5 Å². The van der Waals surface area contributed by atoms with E-state index in [1.807, 2.05) is 6.92 Å². The van der Waals surface area contributed by atoms with E-state index in [1.54, 1.807) is 14.0 Å². The maximum atomic E-state index is 11.4. The lowest BCUT2D eigenvalue weighted by Crippen LogP contribution is -2.45. The zero-order valence-electron chi connectivity index (χ0n) is 8.91. The number of aliphatic carboxylic acids is 1. The molecule has 5 nitrogen and oxygen atoms in total. The van der Waals surface area contributed by atoms with Gasteiger partial charge in [0.15, 0.2) is 0 Å². The van der Waals surface area contributed by atoms with Gasteiger partial charge in [0.25, 0.3) is 0 Å². The van der Waals surface area contributed by atoms with E-state index in [9.17, 15) is 9.59 Å². The monoisotopic (exact) mass is 202 g/mol. The molecule has 0 aromatic rings. The Bertz CT molecular complexity index is 206. The summed E-state index contributed by atoms with van der Waals surface area (Å²) in [5.74, 6) is -1.06. The van der Waals surface area contributed by atoms with Crippen molar-refractivity contribution in [2.24, 2.45) is 0 Å². The summed E-state index contributed by atoms with van der Waals surface area (Å²) in [6.07, 6.45) is 0.876. The van der Waals surface area contributed by atoms with Crippen molar-refractivity contribution in [3.8, 4) is 0 Å². The number of carbonyl (C=O) groups excluding carboxylic acids is 1. The number of nitrogens with zero attached hydrogens (tertiary/aromatic N) is 1. The van der Waals surface area contributed by atoms with Crippen molar-refractivity contribution in [1.29, 1.82) is 0 Å². The molecule has 1 unspecified atom stereocenters. The Morgan fingerprint density at radius 2 is 2.07 bits per heavy atom. The van der Waals surface area contributed by atoms with Crippen molar-refractivity contribution in [2.75, 3.05) is 20.1 Å². The van der Waals surface area contributed by atoms with Crippen molar-refractivity contribution in [2.45, 2.75) is 26.3 Å². The van der Waals surface area contributed by atoms with Crippen LogP contribution < -0.4 is 5.32 Å². The molecule has 0 saturated carbocycles. The summed E-state index contributed by atoms with van der Waals surface area (Å²) in [4.78, 5) is 23.2. The molecule has 0 fully saturated rings. The van der Waals surface area contributed by atoms with Crippen molar-refractivity contribution in [3.63, 3.8) is 0 Å². The van der Waals surface area contributed by atoms with Crippen LogP contribution in [0.2, 0.25) is 0 Å². The van der Waals surface area contributed by atoms with Crippen LogP contribution in [0, 0.1) is 0 Å². The maximum Gasteiger partial charge on any atom is 0.317 e. The minimum atomic E-state index is -0.928. The van der Waals surface area contributed by atoms with E-state index < -0.39 is 12.0 Å². The van der Waals surface area contributed by atoms with Gasteiger partial charge in [0.05, 0.1) is 12.6 Å². The Morgan fingerprint density at radius 1 is 1.50 bits per heavy atom. The number of carboxylic acids is 1. The fourth-order valence-electron chi connectivity index (χ4n) is 0.946. The molecule has 5 heteroatoms. The summed E-state index contributed by atoms with van der Waals surface area (Å²) in [6, 6.07) is -0.405. The number of likely N-dealkylation sites (N-methyl/N-ethyl adjacent to an activating group) is 1. The molecular formula is C9H18N2O3. The Labute approximate surface area is 84.1 Å². The first-order valence-electron chi connectivity index (χ1n) is 4.68. The number of rotatable bonds is 6. The largest absolute Gasteiger partial charge is 0.480 e. The van der Waals surface area contributed by atoms with Crippen LogP contribution in [0.25, 0.3) is 0 Å². The smallest absolute Gasteiger partial charge is 0.317 e. The van der Waals surface area contributed by atoms with Gasteiger partial charge in [-0.3, -0.25) is 14.5 Å². The summed E-state index contributed by atoms with van der Waals surface area (Å²) in [7, 11) is 1.62. The molecule has 0 aliphatic rings. The van der Waals surface area contributed by atoms with E-state index in [1.165, 1.54) is 4.90 Å². The van der Waals surface area contributed by atoms with Crippen LogP contribution in [0.3, 0.4) is 0 Å². The van der Waals surface area contributed by atoms with Gasteiger partial charge in [0.1, 0.15) is 0 Å². The van der Waals surface area contributed by atoms with Crippen molar-refractivity contribution in [1.82, 2.24) is 10.2 Å². The molecule has 0 saturated heterocycles. The SMILES string of the molecule is CCCNC(=O)C(C)N(C)CC(=O)O. The van der Waals surface area contributed by atoms with E-state index in [0.29, 0.717) is 6.54 Å². The summed E-state index contributed by atoms with van der Waals surface area (Å²) < 4.78 is 0. The molecule has 0 aromatic carbocycles. The van der Waals surface area contributed by atoms with Crippen LogP contribution in [0.5, 0.6) is 0 Å². The van der Waals surface area contributed by atoms with Gasteiger partial charge in [-0.15, -0.1) is 0 Å². The maximum absolute atomic E-state index is 11.4. The molecule has 0 aromatic heterocycles. The molecule has 0 aliphatic carbocycles. The fraction of sp³-hybridized carbons (Fsp3) is 0.778. The van der Waals surface area contributed by atoms with E-state index >= 15 is 0 Å². The van der Waals surface area contributed by atoms with Gasteiger partial charge in [-0.05, 0) is 20.4 Å². The number of hydrogen-bond donors (Lipinski definition) is 2. The molecule has 0 heterocycles. The van der Waals surface area contributed by atoms with Gasteiger partial charge in [-0.2, -0.15) is 0 Å². The molecule has 82 valence electrons. The minimum Gasteiger partial charge on any atom is -0.480 e. The normalized spacial score (nSPS) is 12.6. The summed E-state index contributed by atoms with van der Waals surface area (Å²) in [6.45, 7) is 4.16. The lowest BCUT2D eigenvalue weighted by Gasteiger charge is -2.21. The zero-order chi connectivity index (χ0) is 11.1. The molecule has 2 N–H and O–H groups in total. The van der Waals surface area contributed by atoms with Crippen LogP contribution in [0.4, 0.5) is 0 Å². The first-order valence-corrected chi connectivity index (χ1v) is 4.68. The summed E-state index contributed by atoms with van der Waals surface area (Å²) in [5.41, 5.74) is 0. The number of amides is 1. The minimum absolute atomic E-state index is 0.124. The third-order valence-corrected chi connectivity index (χ3v) is 1.97. The lowest BCUT2D eigenvalue weighted by molar-refractivity contribution is -0.139. The Hall–Kier alpha value is -1.10. The van der Waals surface area contributed by atoms with Gasteiger partial charge < -0.3 is 10.4 Å². The van der Waals surface area contributed by atoms with Gasteiger partial charge >= 0.3 is 5.97 Å². The highest BCUT2D eigenvalue weighted by molar-refractivity contribution is 5.82. The Morgan fingerprint density at radius 3 is 2.50 bits per heavy atom. The van der Waals surface area contributed by atoms with Crippen LogP contribution in [0.15, 0.2) is 0 Å². The lowest BCUT2D eigenvalue weighted by atomic mass is 10.2. The Balaban J connectivity index is 3.96. The molecule has 0 radical (unpaired) electrons. The molecule has 1 amide bonds. The number of carbonyl (C=O) groups is 2. The van der Waals surface area contributed by atoms with Gasteiger partial charge in [0.2, 0.25) is 5.91 Å². The third kappa shape index (κ3) is 4.81. The number of nitrogens with one attached hydrogen (secondary N) is 1. The third-order valence-electron chi connectivity index (χ3n) is 1.97. The average Bonchev–Trinajstić information content (AvgIpc) is 2.11. The first kappa shape index (κ1) is 12.9. The van der Waals surface area contributed by atoms with Gasteiger partial charge in [-0.25, -0.2) is 0 Å². The van der Waals surface area contributed by atoms with Crippen LogP contribution >= 0.6 is 0 Å². The number of carboxylic acid groups (broad SMARTS) is 1. The van der Waals surface area contributed by atoms with E-state index in [2.05, 4.69) is 5.32 Å². The van der Waals surface area contributed by atoms with E-state index in [0.717, 1.165) is 6.42 Å². The highest BCUT2D eigenvalue weighted by atomic mass is 16.4. The van der Waals surface area contributed by atoms with E-state index in [4.69, 9.17) is 5.11 Å². The average molecular weight is 202 g/mol. The fourth-order valence-corrected chi connectivity index (χ4v) is 0.946. The van der Waals surface area contributed by atoms with Crippen molar-refractivity contribution >= 4 is 11.9 Å². The molecule has 0 spiro atoms.